The van der Waals surface area contributed by atoms with Gasteiger partial charge < -0.3 is 5.32 Å². The molecule has 0 spiro atoms. The fraction of sp³-hybridized carbons (Fsp3) is 0.250. The lowest BCUT2D eigenvalue weighted by Crippen LogP contribution is -2.13. The average Bonchev–Trinajstić information content (AvgIpc) is 2.55. The molecule has 0 radical (unpaired) electrons. The summed E-state index contributed by atoms with van der Waals surface area (Å²) in [5.41, 5.74) is 1.26. The normalized spacial score (nSPS) is 10.8. The Morgan fingerprint density at radius 2 is 2.08 bits per heavy atom. The minimum Gasteiger partial charge on any atom is -0.325 e. The lowest BCUT2D eigenvalue weighted by atomic mass is 10.3. The number of benzene rings is 1. The van der Waals surface area contributed by atoms with Gasteiger partial charge in [-0.25, -0.2) is 0 Å². The van der Waals surface area contributed by atoms with Crippen LogP contribution in [0.4, 0.5) is 14.5 Å². The highest BCUT2D eigenvalue weighted by atomic mass is 35.5. The van der Waals surface area contributed by atoms with Gasteiger partial charge in [0.05, 0.1) is 21.3 Å². The van der Waals surface area contributed by atoms with Crippen LogP contribution in [0, 0.1) is 0 Å². The third kappa shape index (κ3) is 6.30. The molecule has 128 valence electrons. The molecule has 8 heteroatoms. The van der Waals surface area contributed by atoms with E-state index in [4.69, 9.17) is 11.6 Å². The van der Waals surface area contributed by atoms with E-state index >= 15 is 0 Å². The Balaban J connectivity index is 1.83. The molecule has 0 aliphatic rings. The zero-order valence-corrected chi connectivity index (χ0v) is 14.9. The number of hydrogen-bond donors (Lipinski definition) is 1. The van der Waals surface area contributed by atoms with Crippen molar-refractivity contribution in [2.24, 2.45) is 0 Å². The van der Waals surface area contributed by atoms with Crippen LogP contribution < -0.4 is 5.32 Å². The molecular weight excluding hydrogens is 374 g/mol. The molecule has 0 atom stereocenters. The molecule has 24 heavy (non-hydrogen) atoms. The predicted octanol–water partition coefficient (Wildman–Crippen LogP) is 5.31. The Labute approximate surface area is 152 Å². The maximum atomic E-state index is 12.6. The second kappa shape index (κ2) is 9.86. The van der Waals surface area contributed by atoms with E-state index in [2.05, 4.69) is 10.3 Å². The first kappa shape index (κ1) is 19.0. The van der Waals surface area contributed by atoms with E-state index in [1.54, 1.807) is 30.1 Å². The van der Waals surface area contributed by atoms with E-state index in [-0.39, 0.29) is 22.2 Å². The monoisotopic (exact) mass is 388 g/mol. The standard InChI is InChI=1S/C16H15ClF2N2OS2/c17-12-5-3-6-13(15(12)24-16(18)19)21-14(22)7-9-23-10-11-4-1-2-8-20-11/h1-6,8,16H,7,9-10H2,(H,21,22). The summed E-state index contributed by atoms with van der Waals surface area (Å²) in [6, 6.07) is 10.4. The minimum absolute atomic E-state index is 0.184. The molecule has 0 bridgehead atoms. The van der Waals surface area contributed by atoms with Crippen molar-refractivity contribution in [1.82, 2.24) is 4.98 Å². The Bertz CT molecular complexity index is 674. The summed E-state index contributed by atoms with van der Waals surface area (Å²) in [7, 11) is 0. The second-order valence-electron chi connectivity index (χ2n) is 4.67. The second-order valence-corrected chi connectivity index (χ2v) is 7.18. The van der Waals surface area contributed by atoms with Gasteiger partial charge in [-0.3, -0.25) is 9.78 Å². The number of pyridine rings is 1. The molecule has 0 fully saturated rings. The molecule has 3 nitrogen and oxygen atoms in total. The van der Waals surface area contributed by atoms with Crippen LogP contribution in [0.15, 0.2) is 47.5 Å². The molecule has 1 N–H and O–H groups in total. The van der Waals surface area contributed by atoms with Gasteiger partial charge in [0.25, 0.3) is 5.76 Å². The van der Waals surface area contributed by atoms with Crippen molar-refractivity contribution in [3.05, 3.63) is 53.3 Å². The van der Waals surface area contributed by atoms with Crippen LogP contribution in [-0.4, -0.2) is 22.4 Å². The first-order chi connectivity index (χ1) is 11.6. The van der Waals surface area contributed by atoms with Gasteiger partial charge in [0.15, 0.2) is 0 Å². The number of halogens is 3. The van der Waals surface area contributed by atoms with Gasteiger partial charge in [0, 0.05) is 24.1 Å². The van der Waals surface area contributed by atoms with Crippen LogP contribution in [0.1, 0.15) is 12.1 Å². The molecule has 0 aliphatic heterocycles. The van der Waals surface area contributed by atoms with Gasteiger partial charge in [-0.1, -0.05) is 35.5 Å². The highest BCUT2D eigenvalue weighted by Gasteiger charge is 2.15. The van der Waals surface area contributed by atoms with Gasteiger partial charge in [-0.2, -0.15) is 20.5 Å². The van der Waals surface area contributed by atoms with E-state index in [9.17, 15) is 13.6 Å². The predicted molar refractivity (Wildman–Crippen MR) is 97.0 cm³/mol. The summed E-state index contributed by atoms with van der Waals surface area (Å²) in [5.74, 6) is -1.51. The van der Waals surface area contributed by atoms with E-state index in [0.717, 1.165) is 11.4 Å². The van der Waals surface area contributed by atoms with Crippen LogP contribution >= 0.6 is 35.1 Å². The molecule has 0 unspecified atom stereocenters. The first-order valence-electron chi connectivity index (χ1n) is 7.07. The lowest BCUT2D eigenvalue weighted by molar-refractivity contribution is -0.115. The number of hydrogen-bond acceptors (Lipinski definition) is 4. The third-order valence-corrected chi connectivity index (χ3v) is 5.17. The number of thioether (sulfide) groups is 2. The van der Waals surface area contributed by atoms with Crippen molar-refractivity contribution in [1.29, 1.82) is 0 Å². The Morgan fingerprint density at radius 1 is 1.25 bits per heavy atom. The van der Waals surface area contributed by atoms with Crippen molar-refractivity contribution in [2.75, 3.05) is 11.1 Å². The van der Waals surface area contributed by atoms with Crippen molar-refractivity contribution in [2.45, 2.75) is 22.8 Å². The number of anilines is 1. The van der Waals surface area contributed by atoms with Crippen molar-refractivity contribution in [3.8, 4) is 0 Å². The molecule has 1 amide bonds. The summed E-state index contributed by atoms with van der Waals surface area (Å²) < 4.78 is 25.2. The zero-order valence-electron chi connectivity index (χ0n) is 12.5. The topological polar surface area (TPSA) is 42.0 Å². The van der Waals surface area contributed by atoms with E-state index in [1.165, 1.54) is 6.07 Å². The number of carbonyl (C=O) groups excluding carboxylic acids is 1. The molecule has 1 aromatic heterocycles. The van der Waals surface area contributed by atoms with Crippen molar-refractivity contribution >= 4 is 46.7 Å². The van der Waals surface area contributed by atoms with Crippen molar-refractivity contribution in [3.63, 3.8) is 0 Å². The number of nitrogens with zero attached hydrogens (tertiary/aromatic N) is 1. The summed E-state index contributed by atoms with van der Waals surface area (Å²) in [6.07, 6.45) is 2.01. The highest BCUT2D eigenvalue weighted by Crippen LogP contribution is 2.37. The van der Waals surface area contributed by atoms with E-state index in [0.29, 0.717) is 23.2 Å². The minimum atomic E-state index is -2.60. The number of alkyl halides is 2. The molecule has 2 rings (SSSR count). The Morgan fingerprint density at radius 3 is 2.79 bits per heavy atom. The van der Waals surface area contributed by atoms with Crippen molar-refractivity contribution < 1.29 is 13.6 Å². The fourth-order valence-corrected chi connectivity index (χ4v) is 3.62. The summed E-state index contributed by atoms with van der Waals surface area (Å²) >= 11 is 7.85. The van der Waals surface area contributed by atoms with E-state index < -0.39 is 5.76 Å². The summed E-state index contributed by atoms with van der Waals surface area (Å²) in [6.45, 7) is 0. The first-order valence-corrected chi connectivity index (χ1v) is 9.48. The Kier molecular flexibility index (Phi) is 7.81. The van der Waals surface area contributed by atoms with Crippen LogP contribution in [0.5, 0.6) is 0 Å². The number of rotatable bonds is 8. The van der Waals surface area contributed by atoms with Gasteiger partial charge in [-0.05, 0) is 24.3 Å². The molecular formula is C16H15ClF2N2OS2. The lowest BCUT2D eigenvalue weighted by Gasteiger charge is -2.12. The number of aromatic nitrogens is 1. The maximum absolute atomic E-state index is 12.6. The van der Waals surface area contributed by atoms with E-state index in [1.807, 2.05) is 18.2 Å². The zero-order chi connectivity index (χ0) is 17.4. The van der Waals surface area contributed by atoms with Gasteiger partial charge in [-0.15, -0.1) is 0 Å². The fourth-order valence-electron chi connectivity index (χ4n) is 1.85. The molecule has 0 saturated heterocycles. The molecule has 2 aromatic rings. The summed E-state index contributed by atoms with van der Waals surface area (Å²) in [5, 5.41) is 2.85. The van der Waals surface area contributed by atoms with Crippen LogP contribution in [0.25, 0.3) is 0 Å². The van der Waals surface area contributed by atoms with Crippen LogP contribution in [0.3, 0.4) is 0 Å². The maximum Gasteiger partial charge on any atom is 0.289 e. The number of amides is 1. The van der Waals surface area contributed by atoms with Gasteiger partial charge >= 0.3 is 0 Å². The SMILES string of the molecule is O=C(CCSCc1ccccn1)Nc1cccc(Cl)c1SC(F)F. The van der Waals surface area contributed by atoms with Gasteiger partial charge in [0.1, 0.15) is 0 Å². The molecule has 1 aromatic carbocycles. The smallest absolute Gasteiger partial charge is 0.289 e. The molecule has 1 heterocycles. The quantitative estimate of drug-likeness (QED) is 0.491. The largest absolute Gasteiger partial charge is 0.325 e. The van der Waals surface area contributed by atoms with Gasteiger partial charge in [0.2, 0.25) is 5.91 Å². The number of nitrogens with one attached hydrogen (secondary N) is 1. The highest BCUT2D eigenvalue weighted by molar-refractivity contribution is 7.99. The number of carbonyl (C=O) groups is 1. The summed E-state index contributed by atoms with van der Waals surface area (Å²) in [4.78, 5) is 16.4. The van der Waals surface area contributed by atoms with Crippen LogP contribution in [0.2, 0.25) is 5.02 Å². The van der Waals surface area contributed by atoms with Crippen LogP contribution in [-0.2, 0) is 10.5 Å². The average molecular weight is 389 g/mol. The molecule has 0 aliphatic carbocycles. The third-order valence-electron chi connectivity index (χ3n) is 2.90. The molecule has 0 saturated carbocycles. The Hall–Kier alpha value is -1.31.